The van der Waals surface area contributed by atoms with Gasteiger partial charge in [0.05, 0.1) is 0 Å². The lowest BCUT2D eigenvalue weighted by Gasteiger charge is -2.26. The summed E-state index contributed by atoms with van der Waals surface area (Å²) in [7, 11) is 0. The third-order valence-electron chi connectivity index (χ3n) is 11.2. The molecule has 1 aromatic heterocycles. The Labute approximate surface area is 330 Å². The minimum atomic E-state index is 1.11. The average molecular weight is 730 g/mol. The number of benzene rings is 10. The van der Waals surface area contributed by atoms with Crippen LogP contribution < -0.4 is 4.90 Å². The molecule has 1 heterocycles. The minimum absolute atomic E-state index is 1.11. The predicted molar refractivity (Wildman–Crippen MR) is 243 cm³/mol. The summed E-state index contributed by atoms with van der Waals surface area (Å²) in [4.78, 5) is 2.39. The van der Waals surface area contributed by atoms with E-state index in [1.54, 1.807) is 0 Å². The number of rotatable bonds is 6. The van der Waals surface area contributed by atoms with Gasteiger partial charge in [-0.15, -0.1) is 11.3 Å². The number of hydrogen-bond donors (Lipinski definition) is 0. The van der Waals surface area contributed by atoms with Gasteiger partial charge in [-0.3, -0.25) is 0 Å². The first-order valence-electron chi connectivity index (χ1n) is 19.2. The van der Waals surface area contributed by atoms with Gasteiger partial charge in [-0.1, -0.05) is 152 Å². The Balaban J connectivity index is 0.982. The summed E-state index contributed by atoms with van der Waals surface area (Å²) < 4.78 is 2.62. The number of nitrogens with zero attached hydrogens (tertiary/aromatic N) is 1. The number of thiophene rings is 1. The van der Waals surface area contributed by atoms with Crippen molar-refractivity contribution in [2.24, 2.45) is 0 Å². The van der Waals surface area contributed by atoms with Crippen molar-refractivity contribution in [3.63, 3.8) is 0 Å². The van der Waals surface area contributed by atoms with Crippen LogP contribution in [-0.4, -0.2) is 0 Å². The normalized spacial score (nSPS) is 11.6. The molecule has 1 nitrogen and oxygen atoms in total. The van der Waals surface area contributed by atoms with E-state index in [-0.39, 0.29) is 0 Å². The molecule has 0 saturated carbocycles. The van der Waals surface area contributed by atoms with Gasteiger partial charge in [0.25, 0.3) is 0 Å². The van der Waals surface area contributed by atoms with Crippen LogP contribution in [0.15, 0.2) is 212 Å². The highest BCUT2D eigenvalue weighted by Crippen LogP contribution is 2.42. The molecule has 0 aliphatic carbocycles. The molecule has 0 aliphatic heterocycles. The fraction of sp³-hybridized carbons (Fsp3) is 0. The quantitative estimate of drug-likeness (QED) is 0.154. The van der Waals surface area contributed by atoms with Crippen LogP contribution in [0.3, 0.4) is 0 Å². The smallest absolute Gasteiger partial charge is 0.0468 e. The number of fused-ring (bicyclic) bond motifs is 7. The van der Waals surface area contributed by atoms with E-state index in [4.69, 9.17) is 0 Å². The predicted octanol–water partition coefficient (Wildman–Crippen LogP) is 16.0. The van der Waals surface area contributed by atoms with Crippen LogP contribution in [0.4, 0.5) is 17.1 Å². The molecular weight excluding hydrogens is 695 g/mol. The van der Waals surface area contributed by atoms with Gasteiger partial charge in [0, 0.05) is 37.2 Å². The van der Waals surface area contributed by atoms with Gasteiger partial charge in [0.2, 0.25) is 0 Å². The lowest BCUT2D eigenvalue weighted by atomic mass is 9.95. The second kappa shape index (κ2) is 13.4. The molecule has 0 radical (unpaired) electrons. The van der Waals surface area contributed by atoms with Crippen molar-refractivity contribution in [2.45, 2.75) is 0 Å². The second-order valence-corrected chi connectivity index (χ2v) is 15.6. The van der Waals surface area contributed by atoms with Gasteiger partial charge >= 0.3 is 0 Å². The molecule has 262 valence electrons. The number of anilines is 3. The molecule has 0 saturated heterocycles. The van der Waals surface area contributed by atoms with Crippen molar-refractivity contribution in [3.8, 4) is 33.4 Å². The molecule has 0 aliphatic rings. The van der Waals surface area contributed by atoms with Gasteiger partial charge in [-0.2, -0.15) is 0 Å². The van der Waals surface area contributed by atoms with E-state index in [2.05, 4.69) is 217 Å². The lowest BCUT2D eigenvalue weighted by Crippen LogP contribution is -2.09. The summed E-state index contributed by atoms with van der Waals surface area (Å²) in [5, 5.41) is 10.2. The van der Waals surface area contributed by atoms with Crippen LogP contribution in [0.5, 0.6) is 0 Å². The maximum atomic E-state index is 2.39. The molecule has 0 amide bonds. The fourth-order valence-corrected chi connectivity index (χ4v) is 9.53. The van der Waals surface area contributed by atoms with Crippen LogP contribution in [-0.2, 0) is 0 Å². The summed E-state index contributed by atoms with van der Waals surface area (Å²) in [6, 6.07) is 77.8. The van der Waals surface area contributed by atoms with Crippen molar-refractivity contribution in [2.75, 3.05) is 4.90 Å². The van der Waals surface area contributed by atoms with E-state index in [0.717, 1.165) is 17.1 Å². The summed E-state index contributed by atoms with van der Waals surface area (Å²) >= 11 is 1.86. The molecule has 11 rings (SSSR count). The van der Waals surface area contributed by atoms with Crippen LogP contribution in [0.1, 0.15) is 0 Å². The van der Waals surface area contributed by atoms with Crippen LogP contribution in [0.2, 0.25) is 0 Å². The number of hydrogen-bond acceptors (Lipinski definition) is 2. The zero-order valence-electron chi connectivity index (χ0n) is 30.6. The standard InChI is InChI=1S/C54H35NS/c1-3-14-47-38(9-1)11-8-17-49(47)42-13-7-12-40(33-42)36-21-26-44(27-22-36)55(46-30-32-54-52(35-46)51-16-5-6-18-53(51)56-54)45-28-23-37(24-29-45)41-25-31-50-43(34-41)20-19-39-10-2-4-15-48(39)50/h1-35H. The minimum Gasteiger partial charge on any atom is -0.310 e. The Morgan fingerprint density at radius 2 is 0.804 bits per heavy atom. The lowest BCUT2D eigenvalue weighted by molar-refractivity contribution is 1.29. The summed E-state index contributed by atoms with van der Waals surface area (Å²) in [6.07, 6.45) is 0. The van der Waals surface area contributed by atoms with Crippen molar-refractivity contribution in [1.82, 2.24) is 0 Å². The third kappa shape index (κ3) is 5.62. The van der Waals surface area contributed by atoms with Gasteiger partial charge in [-0.05, 0) is 126 Å². The highest BCUT2D eigenvalue weighted by atomic mass is 32.1. The monoisotopic (exact) mass is 729 g/mol. The first kappa shape index (κ1) is 32.4. The van der Waals surface area contributed by atoms with Crippen molar-refractivity contribution in [1.29, 1.82) is 0 Å². The molecule has 0 bridgehead atoms. The SMILES string of the molecule is c1cc(-c2ccc(N(c3ccc(-c4ccc5c(ccc6ccccc65)c4)cc3)c3ccc4sc5ccccc5c4c3)cc2)cc(-c2cccc3ccccc23)c1. The Bertz CT molecular complexity index is 3240. The van der Waals surface area contributed by atoms with Gasteiger partial charge in [-0.25, -0.2) is 0 Å². The maximum absolute atomic E-state index is 2.39. The van der Waals surface area contributed by atoms with E-state index in [0.29, 0.717) is 0 Å². The zero-order chi connectivity index (χ0) is 37.0. The Hall–Kier alpha value is -7.00. The van der Waals surface area contributed by atoms with Crippen molar-refractivity contribution < 1.29 is 0 Å². The van der Waals surface area contributed by atoms with Crippen LogP contribution >= 0.6 is 11.3 Å². The first-order valence-corrected chi connectivity index (χ1v) is 20.0. The maximum Gasteiger partial charge on any atom is 0.0468 e. The van der Waals surface area contributed by atoms with E-state index in [1.165, 1.54) is 85.9 Å². The van der Waals surface area contributed by atoms with Crippen LogP contribution in [0.25, 0.3) is 85.9 Å². The van der Waals surface area contributed by atoms with Crippen molar-refractivity contribution in [3.05, 3.63) is 212 Å². The Kier molecular flexibility index (Phi) is 7.75. The van der Waals surface area contributed by atoms with Gasteiger partial charge in [0.15, 0.2) is 0 Å². The highest BCUT2D eigenvalue weighted by molar-refractivity contribution is 7.25. The molecule has 0 spiro atoms. The zero-order valence-corrected chi connectivity index (χ0v) is 31.4. The van der Waals surface area contributed by atoms with E-state index in [9.17, 15) is 0 Å². The third-order valence-corrected chi connectivity index (χ3v) is 12.4. The van der Waals surface area contributed by atoms with Gasteiger partial charge in [0.1, 0.15) is 0 Å². The van der Waals surface area contributed by atoms with Crippen molar-refractivity contribution >= 4 is 80.9 Å². The van der Waals surface area contributed by atoms with Crippen LogP contribution in [0, 0.1) is 0 Å². The van der Waals surface area contributed by atoms with Gasteiger partial charge < -0.3 is 4.90 Å². The second-order valence-electron chi connectivity index (χ2n) is 14.5. The van der Waals surface area contributed by atoms with E-state index in [1.807, 2.05) is 11.3 Å². The molecule has 0 fully saturated rings. The molecule has 2 heteroatoms. The van der Waals surface area contributed by atoms with E-state index >= 15 is 0 Å². The first-order chi connectivity index (χ1) is 27.7. The molecule has 11 aromatic rings. The molecule has 0 N–H and O–H groups in total. The largest absolute Gasteiger partial charge is 0.310 e. The fourth-order valence-electron chi connectivity index (χ4n) is 8.44. The molecule has 0 unspecified atom stereocenters. The molecular formula is C54H35NS. The Morgan fingerprint density at radius 3 is 1.59 bits per heavy atom. The topological polar surface area (TPSA) is 3.24 Å². The summed E-state index contributed by atoms with van der Waals surface area (Å²) in [5.74, 6) is 0. The molecule has 10 aromatic carbocycles. The molecule has 0 atom stereocenters. The Morgan fingerprint density at radius 1 is 0.268 bits per heavy atom. The average Bonchev–Trinajstić information content (AvgIpc) is 3.65. The molecule has 56 heavy (non-hydrogen) atoms. The highest BCUT2D eigenvalue weighted by Gasteiger charge is 2.16. The van der Waals surface area contributed by atoms with E-state index < -0.39 is 0 Å². The summed E-state index contributed by atoms with van der Waals surface area (Å²) in [6.45, 7) is 0. The summed E-state index contributed by atoms with van der Waals surface area (Å²) in [5.41, 5.74) is 10.6.